The fourth-order valence-corrected chi connectivity index (χ4v) is 2.61. The van der Waals surface area contributed by atoms with E-state index in [0.717, 1.165) is 0 Å². The molecule has 1 N–H and O–H groups in total. The summed E-state index contributed by atoms with van der Waals surface area (Å²) < 4.78 is 5.11. The van der Waals surface area contributed by atoms with Gasteiger partial charge in [0.15, 0.2) is 0 Å². The van der Waals surface area contributed by atoms with Crippen LogP contribution < -0.4 is 10.2 Å². The average Bonchev–Trinajstić information content (AvgIpc) is 2.86. The van der Waals surface area contributed by atoms with Crippen molar-refractivity contribution < 1.29 is 4.52 Å². The van der Waals surface area contributed by atoms with Gasteiger partial charge in [0.05, 0.1) is 6.54 Å². The molecule has 0 aliphatic carbocycles. The number of hydrogen-bond donors (Lipinski definition) is 1. The molecule has 1 aliphatic heterocycles. The summed E-state index contributed by atoms with van der Waals surface area (Å²) in [6.45, 7) is 0.673. The quantitative estimate of drug-likeness (QED) is 0.820. The van der Waals surface area contributed by atoms with Crippen LogP contribution in [0.15, 0.2) is 4.52 Å². The van der Waals surface area contributed by atoms with Crippen LogP contribution in [0.1, 0.15) is 12.3 Å². The van der Waals surface area contributed by atoms with Crippen LogP contribution in [0.3, 0.4) is 0 Å². The van der Waals surface area contributed by atoms with Gasteiger partial charge < -0.3 is 14.7 Å². The Balaban J connectivity index is 1.82. The lowest BCUT2D eigenvalue weighted by Gasteiger charge is -2.07. The first-order chi connectivity index (χ1) is 7.25. The fraction of sp³-hybridized carbons (Fsp3) is 0.778. The van der Waals surface area contributed by atoms with Crippen LogP contribution in [0.25, 0.3) is 0 Å². The van der Waals surface area contributed by atoms with Crippen LogP contribution in [0.5, 0.6) is 0 Å². The Hall–Kier alpha value is -0.750. The van der Waals surface area contributed by atoms with Gasteiger partial charge in [-0.1, -0.05) is 0 Å². The van der Waals surface area contributed by atoms with Crippen molar-refractivity contribution in [2.45, 2.75) is 19.0 Å². The third-order valence-electron chi connectivity index (χ3n) is 2.33. The molecule has 1 unspecified atom stereocenters. The molecule has 0 bridgehead atoms. The molecule has 1 saturated heterocycles. The highest BCUT2D eigenvalue weighted by Gasteiger charge is 2.16. The monoisotopic (exact) mass is 228 g/mol. The smallest absolute Gasteiger partial charge is 0.265 e. The number of anilines is 1. The molecule has 1 atom stereocenters. The van der Waals surface area contributed by atoms with Crippen LogP contribution in [-0.2, 0) is 6.54 Å². The van der Waals surface area contributed by atoms with Gasteiger partial charge in [-0.3, -0.25) is 0 Å². The van der Waals surface area contributed by atoms with Crippen molar-refractivity contribution in [2.75, 3.05) is 30.5 Å². The van der Waals surface area contributed by atoms with Crippen molar-refractivity contribution in [3.8, 4) is 0 Å². The summed E-state index contributed by atoms with van der Waals surface area (Å²) in [5.41, 5.74) is 0. The summed E-state index contributed by atoms with van der Waals surface area (Å²) in [4.78, 5) is 6.08. The van der Waals surface area contributed by atoms with Crippen LogP contribution in [0, 0.1) is 0 Å². The molecule has 5 nitrogen and oxygen atoms in total. The van der Waals surface area contributed by atoms with Crippen molar-refractivity contribution in [3.05, 3.63) is 5.89 Å². The van der Waals surface area contributed by atoms with Gasteiger partial charge in [-0.15, -0.1) is 0 Å². The van der Waals surface area contributed by atoms with Gasteiger partial charge in [-0.05, 0) is 17.3 Å². The Labute approximate surface area is 93.6 Å². The highest BCUT2D eigenvalue weighted by Crippen LogP contribution is 2.17. The minimum Gasteiger partial charge on any atom is -0.344 e. The highest BCUT2D eigenvalue weighted by atomic mass is 32.2. The molecular formula is C9H16N4OS. The molecule has 0 amide bonds. The third kappa shape index (κ3) is 2.85. The zero-order valence-electron chi connectivity index (χ0n) is 9.06. The molecule has 0 radical (unpaired) electrons. The zero-order valence-corrected chi connectivity index (χ0v) is 9.88. The van der Waals surface area contributed by atoms with Gasteiger partial charge in [-0.25, -0.2) is 0 Å². The number of thioether (sulfide) groups is 1. The maximum atomic E-state index is 5.11. The minimum absolute atomic E-state index is 0.602. The highest BCUT2D eigenvalue weighted by molar-refractivity contribution is 7.99. The standard InChI is InChI=1S/C9H16N4OS/c1-13(2)9-11-8(14-12-9)5-10-7-3-4-15-6-7/h7,10H,3-6H2,1-2H3. The first-order valence-electron chi connectivity index (χ1n) is 5.07. The number of nitrogens with zero attached hydrogens (tertiary/aromatic N) is 3. The van der Waals surface area contributed by atoms with Crippen LogP contribution in [-0.4, -0.2) is 41.8 Å². The largest absolute Gasteiger partial charge is 0.344 e. The predicted octanol–water partition coefficient (Wildman–Crippen LogP) is 0.731. The Kier molecular flexibility index (Phi) is 3.48. The molecule has 2 rings (SSSR count). The first-order valence-corrected chi connectivity index (χ1v) is 6.22. The van der Waals surface area contributed by atoms with E-state index >= 15 is 0 Å². The summed E-state index contributed by atoms with van der Waals surface area (Å²) in [5.74, 6) is 3.74. The zero-order chi connectivity index (χ0) is 10.7. The minimum atomic E-state index is 0.602. The van der Waals surface area contributed by atoms with E-state index in [4.69, 9.17) is 4.52 Å². The molecule has 1 aromatic rings. The summed E-state index contributed by atoms with van der Waals surface area (Å²) >= 11 is 1.99. The van der Waals surface area contributed by atoms with Gasteiger partial charge in [0.1, 0.15) is 0 Å². The molecule has 1 aliphatic rings. The lowest BCUT2D eigenvalue weighted by molar-refractivity contribution is 0.359. The molecule has 84 valence electrons. The molecule has 15 heavy (non-hydrogen) atoms. The number of nitrogens with one attached hydrogen (secondary N) is 1. The van der Waals surface area contributed by atoms with E-state index in [1.54, 1.807) is 0 Å². The molecule has 0 saturated carbocycles. The molecule has 1 aromatic heterocycles. The van der Waals surface area contributed by atoms with Crippen molar-refractivity contribution in [2.24, 2.45) is 0 Å². The van der Waals surface area contributed by atoms with E-state index in [0.29, 0.717) is 24.4 Å². The van der Waals surface area contributed by atoms with Gasteiger partial charge in [0.2, 0.25) is 5.89 Å². The van der Waals surface area contributed by atoms with Gasteiger partial charge in [-0.2, -0.15) is 16.7 Å². The molecule has 0 spiro atoms. The molecule has 1 fully saturated rings. The first kappa shape index (κ1) is 10.8. The second-order valence-corrected chi connectivity index (χ2v) is 4.97. The van der Waals surface area contributed by atoms with Crippen molar-refractivity contribution in [3.63, 3.8) is 0 Å². The average molecular weight is 228 g/mol. The van der Waals surface area contributed by atoms with Crippen LogP contribution in [0.2, 0.25) is 0 Å². The molecule has 0 aromatic carbocycles. The summed E-state index contributed by atoms with van der Waals surface area (Å²) in [6, 6.07) is 0.602. The lowest BCUT2D eigenvalue weighted by Crippen LogP contribution is -2.28. The summed E-state index contributed by atoms with van der Waals surface area (Å²) in [6.07, 6.45) is 1.24. The third-order valence-corrected chi connectivity index (χ3v) is 3.49. The topological polar surface area (TPSA) is 54.2 Å². The Morgan fingerprint density at radius 2 is 2.47 bits per heavy atom. The van der Waals surface area contributed by atoms with Gasteiger partial charge in [0.25, 0.3) is 5.95 Å². The van der Waals surface area contributed by atoms with Crippen molar-refractivity contribution >= 4 is 17.7 Å². The second-order valence-electron chi connectivity index (χ2n) is 3.82. The SMILES string of the molecule is CN(C)c1noc(CNC2CCSC2)n1. The maximum Gasteiger partial charge on any atom is 0.265 e. The number of hydrogen-bond acceptors (Lipinski definition) is 6. The van der Waals surface area contributed by atoms with E-state index in [1.165, 1.54) is 17.9 Å². The van der Waals surface area contributed by atoms with E-state index < -0.39 is 0 Å². The maximum absolute atomic E-state index is 5.11. The fourth-order valence-electron chi connectivity index (χ4n) is 1.43. The van der Waals surface area contributed by atoms with E-state index in [1.807, 2.05) is 30.8 Å². The Bertz CT molecular complexity index is 309. The normalized spacial score (nSPS) is 20.8. The second kappa shape index (κ2) is 4.85. The molecule has 6 heteroatoms. The lowest BCUT2D eigenvalue weighted by atomic mass is 10.3. The van der Waals surface area contributed by atoms with Crippen molar-refractivity contribution in [1.82, 2.24) is 15.5 Å². The van der Waals surface area contributed by atoms with Crippen molar-refractivity contribution in [1.29, 1.82) is 0 Å². The van der Waals surface area contributed by atoms with E-state index in [2.05, 4.69) is 15.5 Å². The number of aromatic nitrogens is 2. The predicted molar refractivity (Wildman–Crippen MR) is 61.2 cm³/mol. The number of rotatable bonds is 4. The van der Waals surface area contributed by atoms with Crippen LogP contribution in [0.4, 0.5) is 5.95 Å². The Morgan fingerprint density at radius 3 is 3.07 bits per heavy atom. The van der Waals surface area contributed by atoms with Crippen LogP contribution >= 0.6 is 11.8 Å². The van der Waals surface area contributed by atoms with E-state index in [-0.39, 0.29) is 0 Å². The Morgan fingerprint density at radius 1 is 1.60 bits per heavy atom. The van der Waals surface area contributed by atoms with Gasteiger partial charge >= 0.3 is 0 Å². The molecule has 2 heterocycles. The van der Waals surface area contributed by atoms with E-state index in [9.17, 15) is 0 Å². The summed E-state index contributed by atoms with van der Waals surface area (Å²) in [5, 5.41) is 7.27. The summed E-state index contributed by atoms with van der Waals surface area (Å²) in [7, 11) is 3.80. The van der Waals surface area contributed by atoms with Gasteiger partial charge in [0, 0.05) is 25.9 Å². The molecular weight excluding hydrogens is 212 g/mol.